The van der Waals surface area contributed by atoms with Gasteiger partial charge in [-0.05, 0) is 6.92 Å². The number of carbonyl (C=O) groups is 1. The molecule has 0 fully saturated rings. The Labute approximate surface area is 93.8 Å². The lowest BCUT2D eigenvalue weighted by molar-refractivity contribution is -0.127. The molecule has 0 bridgehead atoms. The van der Waals surface area contributed by atoms with Gasteiger partial charge in [-0.15, -0.1) is 0 Å². The maximum Gasteiger partial charge on any atom is 0.241 e. The number of carbonyl (C=O) groups excluding carboxylic acids is 1. The minimum Gasteiger partial charge on any atom is -0.383 e. The Morgan fingerprint density at radius 3 is 2.75 bits per heavy atom. The van der Waals surface area contributed by atoms with Crippen LogP contribution >= 0.6 is 0 Å². The minimum absolute atomic E-state index is 0.0294. The highest BCUT2D eigenvalue weighted by atomic mass is 16.2. The van der Waals surface area contributed by atoms with Gasteiger partial charge in [-0.1, -0.05) is 0 Å². The van der Waals surface area contributed by atoms with Gasteiger partial charge in [0.1, 0.15) is 11.6 Å². The van der Waals surface area contributed by atoms with Crippen molar-refractivity contribution >= 4 is 23.5 Å². The number of nitrogen functional groups attached to an aromatic ring is 2. The van der Waals surface area contributed by atoms with Crippen molar-refractivity contribution in [3.63, 3.8) is 0 Å². The fourth-order valence-corrected chi connectivity index (χ4v) is 1.05. The molecule has 0 unspecified atom stereocenters. The number of nitrogens with one attached hydrogen (secondary N) is 1. The van der Waals surface area contributed by atoms with E-state index in [2.05, 4.69) is 15.3 Å². The Bertz CT molecular complexity index is 360. The molecule has 0 aliphatic carbocycles. The van der Waals surface area contributed by atoms with Gasteiger partial charge in [-0.2, -0.15) is 9.97 Å². The lowest BCUT2D eigenvalue weighted by atomic mass is 10.4. The lowest BCUT2D eigenvalue weighted by Crippen LogP contribution is -2.32. The predicted octanol–water partition coefficient (Wildman–Crippen LogP) is -0.469. The van der Waals surface area contributed by atoms with Crippen LogP contribution in [0.2, 0.25) is 0 Å². The van der Waals surface area contributed by atoms with Crippen LogP contribution in [0.25, 0.3) is 0 Å². The number of likely N-dealkylation sites (N-methyl/N-ethyl adjacent to an activating group) is 1. The van der Waals surface area contributed by atoms with Crippen molar-refractivity contribution in [2.45, 2.75) is 6.92 Å². The van der Waals surface area contributed by atoms with Gasteiger partial charge in [0, 0.05) is 19.7 Å². The van der Waals surface area contributed by atoms with Crippen molar-refractivity contribution in [3.8, 4) is 0 Å². The zero-order valence-corrected chi connectivity index (χ0v) is 9.40. The summed E-state index contributed by atoms with van der Waals surface area (Å²) in [4.78, 5) is 20.7. The van der Waals surface area contributed by atoms with E-state index in [4.69, 9.17) is 11.5 Å². The van der Waals surface area contributed by atoms with Crippen LogP contribution in [0, 0.1) is 0 Å². The monoisotopic (exact) mass is 224 g/mol. The smallest absolute Gasteiger partial charge is 0.241 e. The van der Waals surface area contributed by atoms with E-state index in [9.17, 15) is 4.79 Å². The number of hydrogen-bond acceptors (Lipinski definition) is 6. The number of anilines is 3. The Hall–Kier alpha value is -2.05. The van der Waals surface area contributed by atoms with Gasteiger partial charge in [0.15, 0.2) is 0 Å². The van der Waals surface area contributed by atoms with E-state index >= 15 is 0 Å². The fraction of sp³-hybridized carbons (Fsp3) is 0.444. The quantitative estimate of drug-likeness (QED) is 0.637. The molecule has 0 atom stereocenters. The third kappa shape index (κ3) is 3.26. The van der Waals surface area contributed by atoms with Gasteiger partial charge in [0.2, 0.25) is 11.9 Å². The highest BCUT2D eigenvalue weighted by molar-refractivity contribution is 5.80. The van der Waals surface area contributed by atoms with Gasteiger partial charge < -0.3 is 21.7 Å². The maximum absolute atomic E-state index is 11.5. The van der Waals surface area contributed by atoms with E-state index in [-0.39, 0.29) is 24.2 Å². The molecule has 1 rings (SSSR count). The van der Waals surface area contributed by atoms with Crippen molar-refractivity contribution in [3.05, 3.63) is 6.07 Å². The molecule has 16 heavy (non-hydrogen) atoms. The molecule has 0 saturated heterocycles. The summed E-state index contributed by atoms with van der Waals surface area (Å²) < 4.78 is 0. The van der Waals surface area contributed by atoms with Crippen LogP contribution in [-0.2, 0) is 4.79 Å². The predicted molar refractivity (Wildman–Crippen MR) is 62.7 cm³/mol. The summed E-state index contributed by atoms with van der Waals surface area (Å²) in [7, 11) is 1.73. The number of nitrogens with zero attached hydrogens (tertiary/aromatic N) is 3. The molecule has 0 radical (unpaired) electrons. The summed E-state index contributed by atoms with van der Waals surface area (Å²) in [5.41, 5.74) is 10.9. The van der Waals surface area contributed by atoms with E-state index in [0.29, 0.717) is 12.4 Å². The average molecular weight is 224 g/mol. The van der Waals surface area contributed by atoms with Crippen LogP contribution in [0.15, 0.2) is 6.07 Å². The Kier molecular flexibility index (Phi) is 3.87. The molecule has 0 aromatic carbocycles. The molecule has 1 amide bonds. The highest BCUT2D eigenvalue weighted by Gasteiger charge is 2.07. The summed E-state index contributed by atoms with van der Waals surface area (Å²) in [6, 6.07) is 1.52. The van der Waals surface area contributed by atoms with Gasteiger partial charge >= 0.3 is 0 Å². The molecule has 7 heteroatoms. The average Bonchev–Trinajstić information content (AvgIpc) is 2.23. The molecule has 88 valence electrons. The first-order valence-electron chi connectivity index (χ1n) is 4.90. The Morgan fingerprint density at radius 1 is 1.50 bits per heavy atom. The summed E-state index contributed by atoms with van der Waals surface area (Å²) in [5, 5.41) is 2.84. The van der Waals surface area contributed by atoms with E-state index in [1.165, 1.54) is 6.07 Å². The third-order valence-electron chi connectivity index (χ3n) is 2.08. The Balaban J connectivity index is 2.58. The van der Waals surface area contributed by atoms with Gasteiger partial charge in [-0.25, -0.2) is 0 Å². The van der Waals surface area contributed by atoms with Gasteiger partial charge in [-0.3, -0.25) is 4.79 Å². The van der Waals surface area contributed by atoms with Gasteiger partial charge in [0.25, 0.3) is 0 Å². The van der Waals surface area contributed by atoms with Crippen LogP contribution in [0.4, 0.5) is 17.6 Å². The van der Waals surface area contributed by atoms with Crippen molar-refractivity contribution in [2.24, 2.45) is 0 Å². The third-order valence-corrected chi connectivity index (χ3v) is 2.08. The highest BCUT2D eigenvalue weighted by Crippen LogP contribution is 2.08. The summed E-state index contributed by atoms with van der Waals surface area (Å²) in [6.45, 7) is 2.72. The molecule has 0 spiro atoms. The number of amides is 1. The molecule has 0 saturated carbocycles. The SMILES string of the molecule is CCN(C)C(=O)CNc1cc(N)nc(N)n1. The van der Waals surface area contributed by atoms with E-state index in [1.54, 1.807) is 11.9 Å². The van der Waals surface area contributed by atoms with Crippen molar-refractivity contribution in [1.29, 1.82) is 0 Å². The van der Waals surface area contributed by atoms with E-state index in [0.717, 1.165) is 0 Å². The fourth-order valence-electron chi connectivity index (χ4n) is 1.05. The second-order valence-electron chi connectivity index (χ2n) is 3.30. The van der Waals surface area contributed by atoms with Crippen molar-refractivity contribution < 1.29 is 4.79 Å². The van der Waals surface area contributed by atoms with E-state index in [1.807, 2.05) is 6.92 Å². The molecule has 1 aromatic heterocycles. The minimum atomic E-state index is -0.0294. The second-order valence-corrected chi connectivity index (χ2v) is 3.30. The first-order valence-corrected chi connectivity index (χ1v) is 4.90. The summed E-state index contributed by atoms with van der Waals surface area (Å²) >= 11 is 0. The van der Waals surface area contributed by atoms with Crippen molar-refractivity contribution in [1.82, 2.24) is 14.9 Å². The van der Waals surface area contributed by atoms with Crippen LogP contribution in [0.1, 0.15) is 6.92 Å². The van der Waals surface area contributed by atoms with Crippen LogP contribution < -0.4 is 16.8 Å². The van der Waals surface area contributed by atoms with Crippen LogP contribution in [0.5, 0.6) is 0 Å². The normalized spacial score (nSPS) is 9.88. The number of hydrogen-bond donors (Lipinski definition) is 3. The zero-order valence-electron chi connectivity index (χ0n) is 9.40. The topological polar surface area (TPSA) is 110 Å². The summed E-state index contributed by atoms with van der Waals surface area (Å²) in [5.74, 6) is 0.770. The molecule has 1 aromatic rings. The van der Waals surface area contributed by atoms with Gasteiger partial charge in [0.05, 0.1) is 6.54 Å². The van der Waals surface area contributed by atoms with Crippen molar-refractivity contribution in [2.75, 3.05) is 36.9 Å². The maximum atomic E-state index is 11.5. The largest absolute Gasteiger partial charge is 0.383 e. The standard InChI is InChI=1S/C9H16N6O/c1-3-15(2)8(16)5-12-7-4-6(10)13-9(11)14-7/h4H,3,5H2,1-2H3,(H5,10,11,12,13,14). The number of nitrogens with two attached hydrogens (primary N) is 2. The summed E-state index contributed by atoms with van der Waals surface area (Å²) in [6.07, 6.45) is 0. The molecular weight excluding hydrogens is 208 g/mol. The number of rotatable bonds is 4. The molecule has 5 N–H and O–H groups in total. The molecule has 7 nitrogen and oxygen atoms in total. The Morgan fingerprint density at radius 2 is 2.19 bits per heavy atom. The second kappa shape index (κ2) is 5.15. The number of aromatic nitrogens is 2. The van der Waals surface area contributed by atoms with E-state index < -0.39 is 0 Å². The lowest BCUT2D eigenvalue weighted by Gasteiger charge is -2.15. The first kappa shape index (κ1) is 12.0. The molecule has 1 heterocycles. The first-order chi connectivity index (χ1) is 7.52. The molecule has 0 aliphatic rings. The molecule has 0 aliphatic heterocycles. The van der Waals surface area contributed by atoms with Crippen LogP contribution in [0.3, 0.4) is 0 Å². The van der Waals surface area contributed by atoms with Crippen LogP contribution in [-0.4, -0.2) is 40.9 Å². The molecular formula is C9H16N6O. The zero-order chi connectivity index (χ0) is 12.1.